The smallest absolute Gasteiger partial charge is 0.0351 e. The van der Waals surface area contributed by atoms with E-state index in [1.807, 2.05) is 41.5 Å². The Kier molecular flexibility index (Phi) is 4550. The fourth-order valence-corrected chi connectivity index (χ4v) is 0. The summed E-state index contributed by atoms with van der Waals surface area (Å²) in [4.78, 5) is 0. The zero-order valence-corrected chi connectivity index (χ0v) is 9.56. The minimum Gasteiger partial charge on any atom is -0.388 e. The Bertz CT molecular complexity index is 12.5. The normalized spacial score (nSPS) is 3.00. The molecule has 3 heteroatoms. The third-order valence-corrected chi connectivity index (χ3v) is 0. The van der Waals surface area contributed by atoms with Crippen molar-refractivity contribution in [1.82, 2.24) is 0 Å². The van der Waals surface area contributed by atoms with Crippen molar-refractivity contribution >= 4 is 16.8 Å². The lowest BCUT2D eigenvalue weighted by Gasteiger charge is -1.61. The molecule has 0 heterocycles. The van der Waals surface area contributed by atoms with E-state index in [0.717, 1.165) is 0 Å². The fourth-order valence-electron chi connectivity index (χ4n) is 0. The topological polar surface area (TPSA) is 9.23 Å². The van der Waals surface area contributed by atoms with Crippen LogP contribution in [-0.4, -0.2) is 31.0 Å². The maximum atomic E-state index is 4.25. The van der Waals surface area contributed by atoms with Crippen LogP contribution in [-0.2, 0) is 4.74 Å². The number of methoxy groups -OCH3 is 1. The number of hydrogen-bond acceptors (Lipinski definition) is 1. The molecule has 12 heavy (non-hydrogen) atoms. The number of ether oxygens (including phenoxy) is 1. The molecule has 6 radical (unpaired) electrons. The lowest BCUT2D eigenvalue weighted by atomic mass is 10.8. The lowest BCUT2D eigenvalue weighted by molar-refractivity contribution is 0.277. The van der Waals surface area contributed by atoms with Crippen LogP contribution in [0.1, 0.15) is 49.0 Å². The minimum atomic E-state index is 0. The molecular formula is C9H28B2O. The van der Waals surface area contributed by atoms with Gasteiger partial charge in [-0.3, -0.25) is 0 Å². The van der Waals surface area contributed by atoms with Crippen LogP contribution in [0, 0.1) is 0 Å². The monoisotopic (exact) mass is 174 g/mol. The van der Waals surface area contributed by atoms with Crippen LogP contribution in [0.15, 0.2) is 0 Å². The van der Waals surface area contributed by atoms with E-state index in [-0.39, 0.29) is 24.3 Å². The first kappa shape index (κ1) is 57.4. The highest BCUT2D eigenvalue weighted by Crippen LogP contribution is 1.28. The fraction of sp³-hybridized carbons (Fsp3) is 1.00. The predicted molar refractivity (Wildman–Crippen MR) is 65.2 cm³/mol. The predicted octanol–water partition coefficient (Wildman–Crippen LogP) is 3.22. The van der Waals surface area contributed by atoms with Crippen LogP contribution in [0.5, 0.6) is 0 Å². The highest BCUT2D eigenvalue weighted by atomic mass is 16.4. The molecule has 0 aliphatic rings. The quantitative estimate of drug-likeness (QED) is 0.512. The van der Waals surface area contributed by atoms with Gasteiger partial charge in [0.15, 0.2) is 0 Å². The van der Waals surface area contributed by atoms with Crippen LogP contribution in [0.25, 0.3) is 0 Å². The van der Waals surface area contributed by atoms with Gasteiger partial charge in [0.1, 0.15) is 0 Å². The zero-order chi connectivity index (χ0) is 8.71. The van der Waals surface area contributed by atoms with Gasteiger partial charge in [0.25, 0.3) is 0 Å². The van der Waals surface area contributed by atoms with Gasteiger partial charge in [0, 0.05) is 31.0 Å². The molecule has 0 saturated carbocycles. The maximum absolute atomic E-state index is 4.25. The van der Waals surface area contributed by atoms with E-state index in [4.69, 9.17) is 0 Å². The van der Waals surface area contributed by atoms with E-state index in [2.05, 4.69) is 4.74 Å². The second kappa shape index (κ2) is 950. The summed E-state index contributed by atoms with van der Waals surface area (Å²) < 4.78 is 4.25. The number of hydrogen-bond donors (Lipinski definition) is 0. The summed E-state index contributed by atoms with van der Waals surface area (Å²) in [5.41, 5.74) is 0. The van der Waals surface area contributed by atoms with Gasteiger partial charge < -0.3 is 4.74 Å². The summed E-state index contributed by atoms with van der Waals surface area (Å²) in [5.74, 6) is 0. The molecule has 0 bridgehead atoms. The summed E-state index contributed by atoms with van der Waals surface area (Å²) in [6.07, 6.45) is 0. The average molecular weight is 174 g/mol. The SMILES string of the molecule is C.CC.CC.CC.COC.[B].[B]. The molecule has 76 valence electrons. The third kappa shape index (κ3) is 103000. The minimum absolute atomic E-state index is 0. The van der Waals surface area contributed by atoms with Crippen molar-refractivity contribution in [3.8, 4) is 0 Å². The van der Waals surface area contributed by atoms with Crippen LogP contribution in [0.4, 0.5) is 0 Å². The van der Waals surface area contributed by atoms with Crippen LogP contribution in [0.3, 0.4) is 0 Å². The van der Waals surface area contributed by atoms with Gasteiger partial charge in [-0.15, -0.1) is 0 Å². The molecule has 1 nitrogen and oxygen atoms in total. The highest BCUT2D eigenvalue weighted by Gasteiger charge is 1.25. The molecule has 0 atom stereocenters. The van der Waals surface area contributed by atoms with Crippen LogP contribution >= 0.6 is 0 Å². The Balaban J connectivity index is -0.00000000522. The molecule has 0 aliphatic heterocycles. The van der Waals surface area contributed by atoms with Gasteiger partial charge in [-0.1, -0.05) is 49.0 Å². The Morgan fingerprint density at radius 2 is 0.583 bits per heavy atom. The standard InChI is InChI=1S/C2H6O.3C2H6.CH4.2B/c1-3-2;3*1-2;;;/h1-2H3;3*1-2H3;1H4;;. The van der Waals surface area contributed by atoms with Crippen LogP contribution in [0.2, 0.25) is 0 Å². The molecule has 0 spiro atoms. The summed E-state index contributed by atoms with van der Waals surface area (Å²) in [7, 11) is 3.25. The van der Waals surface area contributed by atoms with Crippen molar-refractivity contribution in [2.45, 2.75) is 49.0 Å². The molecule has 0 N–H and O–H groups in total. The Labute approximate surface area is 85.4 Å². The van der Waals surface area contributed by atoms with Crippen molar-refractivity contribution in [3.63, 3.8) is 0 Å². The molecule has 0 unspecified atom stereocenters. The molecule has 0 aliphatic carbocycles. The summed E-state index contributed by atoms with van der Waals surface area (Å²) >= 11 is 0. The first-order valence-corrected chi connectivity index (χ1v) is 3.82. The van der Waals surface area contributed by atoms with Crippen LogP contribution < -0.4 is 0 Å². The Morgan fingerprint density at radius 1 is 0.583 bits per heavy atom. The highest BCUT2D eigenvalue weighted by molar-refractivity contribution is 5.76. The van der Waals surface area contributed by atoms with Gasteiger partial charge in [-0.25, -0.2) is 0 Å². The molecule has 0 amide bonds. The van der Waals surface area contributed by atoms with Crippen molar-refractivity contribution in [2.24, 2.45) is 0 Å². The summed E-state index contributed by atoms with van der Waals surface area (Å²) in [5, 5.41) is 0. The zero-order valence-electron chi connectivity index (χ0n) is 9.56. The molecule has 0 aromatic rings. The van der Waals surface area contributed by atoms with Gasteiger partial charge >= 0.3 is 0 Å². The second-order valence-corrected chi connectivity index (χ2v) is 0.408. The van der Waals surface area contributed by atoms with Gasteiger partial charge in [0.05, 0.1) is 0 Å². The van der Waals surface area contributed by atoms with Crippen molar-refractivity contribution in [3.05, 3.63) is 0 Å². The van der Waals surface area contributed by atoms with E-state index in [0.29, 0.717) is 0 Å². The van der Waals surface area contributed by atoms with E-state index >= 15 is 0 Å². The molecule has 0 aromatic heterocycles. The molecule has 0 rings (SSSR count). The number of rotatable bonds is 0. The second-order valence-electron chi connectivity index (χ2n) is 0.408. The lowest BCUT2D eigenvalue weighted by Crippen LogP contribution is -1.55. The third-order valence-electron chi connectivity index (χ3n) is 0. The van der Waals surface area contributed by atoms with Gasteiger partial charge in [-0.05, 0) is 0 Å². The average Bonchev–Trinajstić information content (AvgIpc) is 2.01. The first-order valence-electron chi connectivity index (χ1n) is 3.82. The Morgan fingerprint density at radius 3 is 0.583 bits per heavy atom. The van der Waals surface area contributed by atoms with E-state index in [1.165, 1.54) is 0 Å². The van der Waals surface area contributed by atoms with Gasteiger partial charge in [0.2, 0.25) is 0 Å². The van der Waals surface area contributed by atoms with Crippen molar-refractivity contribution in [1.29, 1.82) is 0 Å². The largest absolute Gasteiger partial charge is 0.388 e. The first-order chi connectivity index (χ1) is 4.41. The van der Waals surface area contributed by atoms with Gasteiger partial charge in [-0.2, -0.15) is 0 Å². The van der Waals surface area contributed by atoms with Crippen molar-refractivity contribution < 1.29 is 4.74 Å². The summed E-state index contributed by atoms with van der Waals surface area (Å²) in [6.45, 7) is 12.0. The van der Waals surface area contributed by atoms with E-state index in [9.17, 15) is 0 Å². The molecule has 0 aromatic carbocycles. The molecular weight excluding hydrogens is 146 g/mol. The van der Waals surface area contributed by atoms with E-state index in [1.54, 1.807) is 14.2 Å². The van der Waals surface area contributed by atoms with Crippen molar-refractivity contribution in [2.75, 3.05) is 14.2 Å². The van der Waals surface area contributed by atoms with E-state index < -0.39 is 0 Å². The summed E-state index contributed by atoms with van der Waals surface area (Å²) in [6, 6.07) is 0. The molecule has 0 saturated heterocycles. The maximum Gasteiger partial charge on any atom is 0.0351 e. The Hall–Kier alpha value is 0.0899. The molecule has 0 fully saturated rings.